The first-order chi connectivity index (χ1) is 11.8. The van der Waals surface area contributed by atoms with Crippen LogP contribution in [0.25, 0.3) is 11.5 Å². The average molecular weight is 328 g/mol. The van der Waals surface area contributed by atoms with Crippen LogP contribution in [0.15, 0.2) is 34.7 Å². The van der Waals surface area contributed by atoms with Crippen LogP contribution in [0.2, 0.25) is 0 Å². The molecule has 2 N–H and O–H groups in total. The van der Waals surface area contributed by atoms with E-state index in [2.05, 4.69) is 21.0 Å². The minimum absolute atomic E-state index is 0.00572. The number of rotatable bonds is 4. The first kappa shape index (κ1) is 15.3. The highest BCUT2D eigenvalue weighted by atomic mass is 16.5. The number of hydrogen-bond acceptors (Lipinski definition) is 7. The molecule has 1 saturated heterocycles. The molecule has 1 aliphatic carbocycles. The fourth-order valence-electron chi connectivity index (χ4n) is 3.51. The summed E-state index contributed by atoms with van der Waals surface area (Å²) in [4.78, 5) is 12.3. The van der Waals surface area contributed by atoms with Gasteiger partial charge >= 0.3 is 5.97 Å². The Kier molecular flexibility index (Phi) is 4.27. The number of esters is 1. The topological polar surface area (TPSA) is 89.3 Å². The maximum atomic E-state index is 12.3. The second kappa shape index (κ2) is 6.70. The summed E-state index contributed by atoms with van der Waals surface area (Å²) >= 11 is 0. The fraction of sp³-hybridized carbons (Fsp3) is 0.471. The van der Waals surface area contributed by atoms with Crippen molar-refractivity contribution in [3.63, 3.8) is 0 Å². The van der Waals surface area contributed by atoms with Crippen molar-refractivity contribution in [1.29, 1.82) is 0 Å². The van der Waals surface area contributed by atoms with E-state index in [4.69, 9.17) is 9.15 Å². The SMILES string of the molecule is O=C(OCc1nnc(-c2ccccc2)o1)C1NNC2CCCCC21. The Labute approximate surface area is 139 Å². The van der Waals surface area contributed by atoms with Gasteiger partial charge in [0.25, 0.3) is 5.89 Å². The molecule has 4 rings (SSSR count). The zero-order chi connectivity index (χ0) is 16.4. The lowest BCUT2D eigenvalue weighted by molar-refractivity contribution is -0.149. The molecule has 3 atom stereocenters. The van der Waals surface area contributed by atoms with Crippen molar-refractivity contribution < 1.29 is 13.9 Å². The molecule has 126 valence electrons. The van der Waals surface area contributed by atoms with Gasteiger partial charge in [-0.25, -0.2) is 5.43 Å². The van der Waals surface area contributed by atoms with Gasteiger partial charge in [-0.05, 0) is 25.0 Å². The quantitative estimate of drug-likeness (QED) is 0.827. The van der Waals surface area contributed by atoms with Gasteiger partial charge < -0.3 is 9.15 Å². The third-order valence-electron chi connectivity index (χ3n) is 4.75. The van der Waals surface area contributed by atoms with Gasteiger partial charge in [0.1, 0.15) is 6.04 Å². The molecule has 24 heavy (non-hydrogen) atoms. The Bertz CT molecular complexity index is 703. The molecule has 2 fully saturated rings. The normalized spacial score (nSPS) is 26.1. The molecular formula is C17H20N4O3. The van der Waals surface area contributed by atoms with Crippen molar-refractivity contribution in [2.75, 3.05) is 0 Å². The summed E-state index contributed by atoms with van der Waals surface area (Å²) in [7, 11) is 0. The monoisotopic (exact) mass is 328 g/mol. The number of fused-ring (bicyclic) bond motifs is 1. The van der Waals surface area contributed by atoms with E-state index in [0.29, 0.717) is 23.7 Å². The Morgan fingerprint density at radius 1 is 1.17 bits per heavy atom. The molecule has 1 aromatic carbocycles. The number of ether oxygens (including phenoxy) is 1. The molecule has 3 unspecified atom stereocenters. The zero-order valence-electron chi connectivity index (χ0n) is 13.3. The lowest BCUT2D eigenvalue weighted by Gasteiger charge is -2.25. The van der Waals surface area contributed by atoms with E-state index in [1.165, 1.54) is 12.8 Å². The number of hydrogen-bond donors (Lipinski definition) is 2. The maximum absolute atomic E-state index is 12.3. The van der Waals surface area contributed by atoms with Gasteiger partial charge in [-0.15, -0.1) is 10.2 Å². The highest BCUT2D eigenvalue weighted by Crippen LogP contribution is 2.30. The van der Waals surface area contributed by atoms with Crippen LogP contribution in [0.4, 0.5) is 0 Å². The van der Waals surface area contributed by atoms with Crippen molar-refractivity contribution in [1.82, 2.24) is 21.0 Å². The van der Waals surface area contributed by atoms with Gasteiger partial charge in [0.15, 0.2) is 6.61 Å². The Morgan fingerprint density at radius 3 is 2.88 bits per heavy atom. The molecule has 0 spiro atoms. The average Bonchev–Trinajstić information content (AvgIpc) is 3.27. The van der Waals surface area contributed by atoms with Crippen molar-refractivity contribution >= 4 is 5.97 Å². The molecule has 2 heterocycles. The minimum Gasteiger partial charge on any atom is -0.454 e. The van der Waals surface area contributed by atoms with Gasteiger partial charge in [0, 0.05) is 17.5 Å². The van der Waals surface area contributed by atoms with Gasteiger partial charge in [-0.2, -0.15) is 0 Å². The van der Waals surface area contributed by atoms with Gasteiger partial charge in [0.05, 0.1) is 0 Å². The number of nitrogens with one attached hydrogen (secondary N) is 2. The molecule has 0 bridgehead atoms. The van der Waals surface area contributed by atoms with E-state index in [1.54, 1.807) is 0 Å². The van der Waals surface area contributed by atoms with Crippen LogP contribution in [0, 0.1) is 5.92 Å². The lowest BCUT2D eigenvalue weighted by Crippen LogP contribution is -2.39. The summed E-state index contributed by atoms with van der Waals surface area (Å²) in [5.41, 5.74) is 7.13. The molecule has 7 nitrogen and oxygen atoms in total. The molecule has 0 amide bonds. The van der Waals surface area contributed by atoms with Crippen LogP contribution in [-0.2, 0) is 16.1 Å². The van der Waals surface area contributed by atoms with Crippen molar-refractivity contribution in [2.45, 2.75) is 44.4 Å². The molecule has 1 saturated carbocycles. The molecule has 1 aromatic heterocycles. The summed E-state index contributed by atoms with van der Waals surface area (Å²) in [5.74, 6) is 0.758. The summed E-state index contributed by atoms with van der Waals surface area (Å²) < 4.78 is 10.9. The van der Waals surface area contributed by atoms with E-state index in [1.807, 2.05) is 30.3 Å². The van der Waals surface area contributed by atoms with E-state index in [-0.39, 0.29) is 18.6 Å². The molecule has 2 aliphatic rings. The van der Waals surface area contributed by atoms with Crippen LogP contribution in [-0.4, -0.2) is 28.3 Å². The molecule has 7 heteroatoms. The predicted octanol–water partition coefficient (Wildman–Crippen LogP) is 1.81. The van der Waals surface area contributed by atoms with Gasteiger partial charge in [-0.3, -0.25) is 10.2 Å². The number of carbonyl (C=O) groups excluding carboxylic acids is 1. The first-order valence-electron chi connectivity index (χ1n) is 8.37. The second-order valence-electron chi connectivity index (χ2n) is 6.30. The number of nitrogens with zero attached hydrogens (tertiary/aromatic N) is 2. The summed E-state index contributed by atoms with van der Waals surface area (Å²) in [6, 6.07) is 9.57. The highest BCUT2D eigenvalue weighted by molar-refractivity contribution is 5.76. The minimum atomic E-state index is -0.299. The van der Waals surface area contributed by atoms with Crippen LogP contribution >= 0.6 is 0 Å². The van der Waals surface area contributed by atoms with Crippen molar-refractivity contribution in [3.8, 4) is 11.5 Å². The third kappa shape index (κ3) is 3.05. The molecule has 0 radical (unpaired) electrons. The van der Waals surface area contributed by atoms with Gasteiger partial charge in [-0.1, -0.05) is 31.0 Å². The lowest BCUT2D eigenvalue weighted by atomic mass is 9.82. The van der Waals surface area contributed by atoms with Crippen LogP contribution in [0.5, 0.6) is 0 Å². The standard InChI is InChI=1S/C17H20N4O3/c22-17(15-12-8-4-5-9-13(12)18-20-15)23-10-14-19-21-16(24-14)11-6-2-1-3-7-11/h1-3,6-7,12-13,15,18,20H,4-5,8-10H2. The zero-order valence-corrected chi connectivity index (χ0v) is 13.3. The summed E-state index contributed by atoms with van der Waals surface area (Å²) in [6.45, 7) is -0.00572. The van der Waals surface area contributed by atoms with E-state index in [9.17, 15) is 4.79 Å². The smallest absolute Gasteiger partial charge is 0.325 e. The summed E-state index contributed by atoms with van der Waals surface area (Å²) in [5, 5.41) is 7.93. The summed E-state index contributed by atoms with van der Waals surface area (Å²) in [6.07, 6.45) is 4.52. The molecule has 1 aliphatic heterocycles. The van der Waals surface area contributed by atoms with E-state index >= 15 is 0 Å². The molecule has 2 aromatic rings. The largest absolute Gasteiger partial charge is 0.454 e. The van der Waals surface area contributed by atoms with Crippen molar-refractivity contribution in [3.05, 3.63) is 36.2 Å². The Morgan fingerprint density at radius 2 is 2.00 bits per heavy atom. The highest BCUT2D eigenvalue weighted by Gasteiger charge is 2.41. The Hall–Kier alpha value is -2.25. The fourth-order valence-corrected chi connectivity index (χ4v) is 3.51. The number of aromatic nitrogens is 2. The number of carbonyl (C=O) groups is 1. The number of hydrazine groups is 1. The van der Waals surface area contributed by atoms with Gasteiger partial charge in [0.2, 0.25) is 5.89 Å². The maximum Gasteiger partial charge on any atom is 0.325 e. The Balaban J connectivity index is 1.35. The second-order valence-corrected chi connectivity index (χ2v) is 6.30. The van der Waals surface area contributed by atoms with E-state index in [0.717, 1.165) is 18.4 Å². The first-order valence-corrected chi connectivity index (χ1v) is 8.37. The van der Waals surface area contributed by atoms with Crippen LogP contribution in [0.1, 0.15) is 31.6 Å². The third-order valence-corrected chi connectivity index (χ3v) is 4.75. The van der Waals surface area contributed by atoms with Crippen LogP contribution in [0.3, 0.4) is 0 Å². The number of benzene rings is 1. The predicted molar refractivity (Wildman–Crippen MR) is 85.3 cm³/mol. The molecular weight excluding hydrogens is 308 g/mol. The van der Waals surface area contributed by atoms with E-state index < -0.39 is 0 Å². The van der Waals surface area contributed by atoms with Crippen molar-refractivity contribution in [2.24, 2.45) is 5.92 Å². The van der Waals surface area contributed by atoms with Crippen LogP contribution < -0.4 is 10.9 Å².